The summed E-state index contributed by atoms with van der Waals surface area (Å²) in [5.74, 6) is 3.41. The van der Waals surface area contributed by atoms with E-state index in [-0.39, 0.29) is 12.4 Å². The van der Waals surface area contributed by atoms with Gasteiger partial charge < -0.3 is 19.2 Å². The first-order chi connectivity index (χ1) is 11.8. The number of furan rings is 1. The summed E-state index contributed by atoms with van der Waals surface area (Å²) in [6, 6.07) is 18.1. The molecule has 0 radical (unpaired) electrons. The van der Waals surface area contributed by atoms with Crippen LogP contribution in [0, 0.1) is 0 Å². The minimum atomic E-state index is 0. The van der Waals surface area contributed by atoms with E-state index in [1.807, 2.05) is 54.6 Å². The Bertz CT molecular complexity index is 848. The Hall–Kier alpha value is -1.95. The molecule has 0 unspecified atom stereocenters. The van der Waals surface area contributed by atoms with Crippen LogP contribution in [0.2, 0.25) is 0 Å². The summed E-state index contributed by atoms with van der Waals surface area (Å²) in [7, 11) is 0. The van der Waals surface area contributed by atoms with Crippen LogP contribution in [0.25, 0.3) is 11.3 Å². The fourth-order valence-corrected chi connectivity index (χ4v) is 2.89. The molecule has 0 saturated heterocycles. The Morgan fingerprint density at radius 1 is 0.880 bits per heavy atom. The number of rotatable bonds is 5. The van der Waals surface area contributed by atoms with E-state index in [1.165, 1.54) is 0 Å². The van der Waals surface area contributed by atoms with E-state index < -0.39 is 0 Å². The third-order valence-corrected chi connectivity index (χ3v) is 4.38. The van der Waals surface area contributed by atoms with E-state index >= 15 is 0 Å². The molecule has 6 heteroatoms. The van der Waals surface area contributed by atoms with Gasteiger partial charge in [0.25, 0.3) is 0 Å². The first-order valence-corrected chi connectivity index (χ1v) is 8.51. The summed E-state index contributed by atoms with van der Waals surface area (Å²) in [5, 5.41) is 3.39. The maximum atomic E-state index is 5.90. The second-order valence-corrected chi connectivity index (χ2v) is 6.48. The van der Waals surface area contributed by atoms with Gasteiger partial charge in [-0.1, -0.05) is 34.1 Å². The molecule has 1 aliphatic rings. The van der Waals surface area contributed by atoms with Crippen molar-refractivity contribution in [2.45, 2.75) is 13.1 Å². The van der Waals surface area contributed by atoms with Crippen molar-refractivity contribution in [1.29, 1.82) is 0 Å². The van der Waals surface area contributed by atoms with E-state index in [9.17, 15) is 0 Å². The maximum Gasteiger partial charge on any atom is 0.231 e. The second-order valence-electron chi connectivity index (χ2n) is 5.56. The van der Waals surface area contributed by atoms with Crippen LogP contribution in [-0.2, 0) is 13.1 Å². The lowest BCUT2D eigenvalue weighted by molar-refractivity contribution is 0.174. The molecule has 0 spiro atoms. The van der Waals surface area contributed by atoms with E-state index in [0.717, 1.165) is 45.2 Å². The highest BCUT2D eigenvalue weighted by atomic mass is 79.9. The van der Waals surface area contributed by atoms with Crippen molar-refractivity contribution in [3.05, 3.63) is 70.4 Å². The van der Waals surface area contributed by atoms with Gasteiger partial charge in [0.15, 0.2) is 11.5 Å². The molecular formula is C19H17BrClNO3. The summed E-state index contributed by atoms with van der Waals surface area (Å²) >= 11 is 3.44. The summed E-state index contributed by atoms with van der Waals surface area (Å²) in [4.78, 5) is 0. The first-order valence-electron chi connectivity index (χ1n) is 7.72. The number of hydrogen-bond donors (Lipinski definition) is 1. The van der Waals surface area contributed by atoms with E-state index in [4.69, 9.17) is 13.9 Å². The quantitative estimate of drug-likeness (QED) is 0.617. The Balaban J connectivity index is 0.00000182. The Morgan fingerprint density at radius 3 is 2.52 bits per heavy atom. The van der Waals surface area contributed by atoms with Gasteiger partial charge >= 0.3 is 0 Å². The molecule has 0 aliphatic carbocycles. The van der Waals surface area contributed by atoms with Crippen LogP contribution in [0.15, 0.2) is 63.5 Å². The van der Waals surface area contributed by atoms with Crippen LogP contribution in [0.1, 0.15) is 11.3 Å². The minimum Gasteiger partial charge on any atom is -0.460 e. The standard InChI is InChI=1S/C19H16BrNO3.ClH/c20-15-4-2-14(3-5-15)17-8-6-16(24-17)11-21-10-13-1-7-18-19(9-13)23-12-22-18;/h1-9,21H,10-12H2;1H. The molecule has 2 heterocycles. The highest BCUT2D eigenvalue weighted by Crippen LogP contribution is 2.32. The van der Waals surface area contributed by atoms with E-state index in [1.54, 1.807) is 0 Å². The molecule has 130 valence electrons. The Kier molecular flexibility index (Phi) is 5.68. The zero-order chi connectivity index (χ0) is 16.4. The van der Waals surface area contributed by atoms with Crippen LogP contribution in [-0.4, -0.2) is 6.79 Å². The number of fused-ring (bicyclic) bond motifs is 1. The number of halogens is 2. The molecule has 0 saturated carbocycles. The summed E-state index contributed by atoms with van der Waals surface area (Å²) in [6.45, 7) is 1.72. The van der Waals surface area contributed by atoms with Gasteiger partial charge in [-0.05, 0) is 42.0 Å². The van der Waals surface area contributed by atoms with Crippen LogP contribution < -0.4 is 14.8 Å². The molecule has 1 aliphatic heterocycles. The van der Waals surface area contributed by atoms with Crippen molar-refractivity contribution < 1.29 is 13.9 Å². The largest absolute Gasteiger partial charge is 0.460 e. The summed E-state index contributed by atoms with van der Waals surface area (Å²) < 4.78 is 17.7. The van der Waals surface area contributed by atoms with Gasteiger partial charge in [0, 0.05) is 16.6 Å². The average Bonchev–Trinajstić information content (AvgIpc) is 3.24. The van der Waals surface area contributed by atoms with Gasteiger partial charge in [-0.2, -0.15) is 0 Å². The lowest BCUT2D eigenvalue weighted by Crippen LogP contribution is -2.11. The summed E-state index contributed by atoms with van der Waals surface area (Å²) in [5.41, 5.74) is 2.22. The molecule has 3 aromatic rings. The maximum absolute atomic E-state index is 5.90. The molecule has 2 aromatic carbocycles. The number of nitrogens with one attached hydrogen (secondary N) is 1. The summed E-state index contributed by atoms with van der Waals surface area (Å²) in [6.07, 6.45) is 0. The monoisotopic (exact) mass is 421 g/mol. The van der Waals surface area contributed by atoms with Crippen molar-refractivity contribution >= 4 is 28.3 Å². The molecule has 1 N–H and O–H groups in total. The van der Waals surface area contributed by atoms with Gasteiger partial charge in [-0.3, -0.25) is 0 Å². The molecule has 0 atom stereocenters. The van der Waals surface area contributed by atoms with Crippen molar-refractivity contribution in [2.24, 2.45) is 0 Å². The van der Waals surface area contributed by atoms with Gasteiger partial charge in [0.1, 0.15) is 11.5 Å². The number of ether oxygens (including phenoxy) is 2. The van der Waals surface area contributed by atoms with Crippen molar-refractivity contribution in [3.8, 4) is 22.8 Å². The molecule has 0 amide bonds. The predicted molar refractivity (Wildman–Crippen MR) is 102 cm³/mol. The lowest BCUT2D eigenvalue weighted by Gasteiger charge is -2.04. The van der Waals surface area contributed by atoms with E-state index in [0.29, 0.717) is 13.3 Å². The van der Waals surface area contributed by atoms with Crippen LogP contribution >= 0.6 is 28.3 Å². The smallest absolute Gasteiger partial charge is 0.231 e. The lowest BCUT2D eigenvalue weighted by atomic mass is 10.2. The highest BCUT2D eigenvalue weighted by Gasteiger charge is 2.13. The van der Waals surface area contributed by atoms with Crippen molar-refractivity contribution in [3.63, 3.8) is 0 Å². The molecule has 1 aromatic heterocycles. The van der Waals surface area contributed by atoms with E-state index in [2.05, 4.69) is 21.2 Å². The van der Waals surface area contributed by atoms with Gasteiger partial charge in [-0.25, -0.2) is 0 Å². The number of benzene rings is 2. The second kappa shape index (κ2) is 7.95. The first kappa shape index (κ1) is 17.9. The molecule has 0 bridgehead atoms. The predicted octanol–water partition coefficient (Wildman–Crippen LogP) is 5.15. The molecule has 4 nitrogen and oxygen atoms in total. The van der Waals surface area contributed by atoms with Gasteiger partial charge in [0.2, 0.25) is 6.79 Å². The zero-order valence-corrected chi connectivity index (χ0v) is 15.7. The van der Waals surface area contributed by atoms with Crippen LogP contribution in [0.4, 0.5) is 0 Å². The van der Waals surface area contributed by atoms with Gasteiger partial charge in [-0.15, -0.1) is 12.4 Å². The molecule has 0 fully saturated rings. The fraction of sp³-hybridized carbons (Fsp3) is 0.158. The van der Waals surface area contributed by atoms with Crippen molar-refractivity contribution in [2.75, 3.05) is 6.79 Å². The van der Waals surface area contributed by atoms with Crippen LogP contribution in [0.3, 0.4) is 0 Å². The topological polar surface area (TPSA) is 43.6 Å². The normalized spacial score (nSPS) is 12.0. The minimum absolute atomic E-state index is 0. The highest BCUT2D eigenvalue weighted by molar-refractivity contribution is 9.10. The zero-order valence-electron chi connectivity index (χ0n) is 13.3. The molecular weight excluding hydrogens is 406 g/mol. The third kappa shape index (κ3) is 4.18. The van der Waals surface area contributed by atoms with Crippen LogP contribution in [0.5, 0.6) is 11.5 Å². The Morgan fingerprint density at radius 2 is 1.68 bits per heavy atom. The molecule has 25 heavy (non-hydrogen) atoms. The van der Waals surface area contributed by atoms with Crippen molar-refractivity contribution in [1.82, 2.24) is 5.32 Å². The van der Waals surface area contributed by atoms with Gasteiger partial charge in [0.05, 0.1) is 6.54 Å². The number of hydrogen-bond acceptors (Lipinski definition) is 4. The third-order valence-electron chi connectivity index (χ3n) is 3.86. The average molecular weight is 423 g/mol. The molecule has 4 rings (SSSR count). The fourth-order valence-electron chi connectivity index (χ4n) is 2.62. The Labute approximate surface area is 160 Å². The SMILES string of the molecule is Brc1ccc(-c2ccc(CNCc3ccc4c(c3)OCO4)o2)cc1.Cl.